The van der Waals surface area contributed by atoms with Crippen LogP contribution in [-0.2, 0) is 11.2 Å². The summed E-state index contributed by atoms with van der Waals surface area (Å²) in [4.78, 5) is 34.4. The first-order chi connectivity index (χ1) is 11.4. The van der Waals surface area contributed by atoms with Gasteiger partial charge in [0, 0.05) is 0 Å². The number of carbonyl (C=O) groups excluding carboxylic acids is 1. The molecule has 0 saturated carbocycles. The molecule has 1 amide bonds. The van der Waals surface area contributed by atoms with E-state index in [9.17, 15) is 14.4 Å². The molecule has 0 spiro atoms. The molecule has 7 nitrogen and oxygen atoms in total. The molecule has 0 saturated heterocycles. The van der Waals surface area contributed by atoms with Gasteiger partial charge in [-0.05, 0) is 29.8 Å². The van der Waals surface area contributed by atoms with Crippen LogP contribution < -0.4 is 10.1 Å². The summed E-state index contributed by atoms with van der Waals surface area (Å²) in [7, 11) is 1.39. The summed E-state index contributed by atoms with van der Waals surface area (Å²) in [6, 6.07) is 10.2. The van der Waals surface area contributed by atoms with Crippen molar-refractivity contribution >= 4 is 23.5 Å². The number of carboxylic acids is 2. The highest BCUT2D eigenvalue weighted by atomic mass is 16.5. The summed E-state index contributed by atoms with van der Waals surface area (Å²) >= 11 is 0. The molecule has 2 aromatic rings. The van der Waals surface area contributed by atoms with Crippen molar-refractivity contribution in [3.63, 3.8) is 0 Å². The summed E-state index contributed by atoms with van der Waals surface area (Å²) in [5.41, 5.74) is 0.599. The lowest BCUT2D eigenvalue weighted by Gasteiger charge is -2.12. The van der Waals surface area contributed by atoms with Crippen molar-refractivity contribution in [2.75, 3.05) is 12.4 Å². The molecule has 7 heteroatoms. The van der Waals surface area contributed by atoms with Crippen molar-refractivity contribution in [2.45, 2.75) is 6.42 Å². The Morgan fingerprint density at radius 3 is 2.38 bits per heavy atom. The monoisotopic (exact) mass is 329 g/mol. The second-order valence-corrected chi connectivity index (χ2v) is 4.91. The Morgan fingerprint density at radius 2 is 1.75 bits per heavy atom. The van der Waals surface area contributed by atoms with Gasteiger partial charge in [0.05, 0.1) is 30.3 Å². The highest BCUT2D eigenvalue weighted by Gasteiger charge is 2.15. The van der Waals surface area contributed by atoms with Gasteiger partial charge in [0.2, 0.25) is 5.91 Å². The second kappa shape index (κ2) is 7.28. The molecule has 0 unspecified atom stereocenters. The van der Waals surface area contributed by atoms with Crippen LogP contribution in [0.5, 0.6) is 5.75 Å². The van der Waals surface area contributed by atoms with Crippen LogP contribution in [0.15, 0.2) is 42.5 Å². The van der Waals surface area contributed by atoms with Gasteiger partial charge in [0.15, 0.2) is 0 Å². The van der Waals surface area contributed by atoms with E-state index in [1.165, 1.54) is 31.4 Å². The van der Waals surface area contributed by atoms with E-state index in [4.69, 9.17) is 14.9 Å². The number of carboxylic acid groups (broad SMARTS) is 2. The van der Waals surface area contributed by atoms with Gasteiger partial charge in [0.1, 0.15) is 5.75 Å². The molecule has 0 heterocycles. The molecule has 0 aliphatic heterocycles. The molecule has 2 rings (SSSR count). The van der Waals surface area contributed by atoms with Gasteiger partial charge >= 0.3 is 11.9 Å². The zero-order chi connectivity index (χ0) is 17.7. The Bertz CT molecular complexity index is 799. The lowest BCUT2D eigenvalue weighted by atomic mass is 10.0. The minimum atomic E-state index is -1.13. The van der Waals surface area contributed by atoms with Crippen molar-refractivity contribution in [3.8, 4) is 5.75 Å². The minimum Gasteiger partial charge on any atom is -0.495 e. The van der Waals surface area contributed by atoms with E-state index in [0.717, 1.165) is 0 Å². The maximum Gasteiger partial charge on any atom is 0.335 e. The Kier molecular flexibility index (Phi) is 5.16. The van der Waals surface area contributed by atoms with E-state index < -0.39 is 17.8 Å². The quantitative estimate of drug-likeness (QED) is 0.749. The number of aromatic carboxylic acids is 2. The molecule has 0 radical (unpaired) electrons. The Morgan fingerprint density at radius 1 is 1.04 bits per heavy atom. The second-order valence-electron chi connectivity index (χ2n) is 4.91. The van der Waals surface area contributed by atoms with Crippen LogP contribution in [0.25, 0.3) is 0 Å². The average Bonchev–Trinajstić information content (AvgIpc) is 2.54. The van der Waals surface area contributed by atoms with Crippen molar-refractivity contribution in [1.82, 2.24) is 0 Å². The van der Waals surface area contributed by atoms with E-state index in [1.54, 1.807) is 18.2 Å². The molecule has 0 bridgehead atoms. The number of anilines is 1. The predicted octanol–water partition coefficient (Wildman–Crippen LogP) is 2.27. The number of methoxy groups -OCH3 is 1. The van der Waals surface area contributed by atoms with Gasteiger partial charge in [-0.1, -0.05) is 18.2 Å². The van der Waals surface area contributed by atoms with E-state index in [-0.39, 0.29) is 23.2 Å². The molecule has 0 fully saturated rings. The third kappa shape index (κ3) is 3.89. The first-order valence-electron chi connectivity index (χ1n) is 6.94. The van der Waals surface area contributed by atoms with Gasteiger partial charge in [-0.3, -0.25) is 4.79 Å². The molecule has 124 valence electrons. The van der Waals surface area contributed by atoms with Gasteiger partial charge in [-0.15, -0.1) is 0 Å². The van der Waals surface area contributed by atoms with Gasteiger partial charge < -0.3 is 20.3 Å². The topological polar surface area (TPSA) is 113 Å². The number of nitrogens with one attached hydrogen (secondary N) is 1. The molecule has 0 aliphatic carbocycles. The fourth-order valence-corrected chi connectivity index (χ4v) is 2.19. The fourth-order valence-electron chi connectivity index (χ4n) is 2.19. The highest BCUT2D eigenvalue weighted by molar-refractivity contribution is 5.98. The van der Waals surface area contributed by atoms with Crippen LogP contribution in [0, 0.1) is 0 Å². The number of rotatable bonds is 6. The first kappa shape index (κ1) is 17.0. The van der Waals surface area contributed by atoms with Gasteiger partial charge in [0.25, 0.3) is 0 Å². The van der Waals surface area contributed by atoms with Crippen LogP contribution in [0.4, 0.5) is 5.69 Å². The summed E-state index contributed by atoms with van der Waals surface area (Å²) in [5, 5.41) is 20.7. The molecule has 24 heavy (non-hydrogen) atoms. The number of hydrogen-bond acceptors (Lipinski definition) is 4. The Labute approximate surface area is 137 Å². The van der Waals surface area contributed by atoms with E-state index >= 15 is 0 Å². The summed E-state index contributed by atoms with van der Waals surface area (Å²) in [6.45, 7) is 0. The smallest absolute Gasteiger partial charge is 0.335 e. The summed E-state index contributed by atoms with van der Waals surface area (Å²) < 4.78 is 5.09. The van der Waals surface area contributed by atoms with E-state index in [2.05, 4.69) is 5.32 Å². The Balaban J connectivity index is 2.23. The standard InChI is InChI=1S/C17H15NO6/c1-24-14-7-6-11(16(20)21)8-13(14)18-15(19)9-10-4-2-3-5-12(10)17(22)23/h2-8H,9H2,1H3,(H,18,19)(H,20,21)(H,22,23). The number of benzene rings is 2. The van der Waals surface area contributed by atoms with E-state index in [0.29, 0.717) is 11.3 Å². The number of amides is 1. The largest absolute Gasteiger partial charge is 0.495 e. The zero-order valence-corrected chi connectivity index (χ0v) is 12.8. The third-order valence-electron chi connectivity index (χ3n) is 3.32. The SMILES string of the molecule is COc1ccc(C(=O)O)cc1NC(=O)Cc1ccccc1C(=O)O. The lowest BCUT2D eigenvalue weighted by molar-refractivity contribution is -0.115. The first-order valence-corrected chi connectivity index (χ1v) is 6.94. The Hall–Kier alpha value is -3.35. The third-order valence-corrected chi connectivity index (χ3v) is 3.32. The molecular formula is C17H15NO6. The molecular weight excluding hydrogens is 314 g/mol. The van der Waals surface area contributed by atoms with Crippen molar-refractivity contribution in [3.05, 3.63) is 59.2 Å². The van der Waals surface area contributed by atoms with Gasteiger partial charge in [-0.25, -0.2) is 9.59 Å². The number of hydrogen-bond donors (Lipinski definition) is 3. The minimum absolute atomic E-state index is 0.00274. The van der Waals surface area contributed by atoms with Crippen molar-refractivity contribution < 1.29 is 29.3 Å². The van der Waals surface area contributed by atoms with Gasteiger partial charge in [-0.2, -0.15) is 0 Å². The molecule has 0 aliphatic rings. The van der Waals surface area contributed by atoms with Crippen LogP contribution >= 0.6 is 0 Å². The molecule has 0 atom stereocenters. The van der Waals surface area contributed by atoms with Crippen LogP contribution in [0.3, 0.4) is 0 Å². The summed E-state index contributed by atoms with van der Waals surface area (Å²) in [5.74, 6) is -2.43. The van der Waals surface area contributed by atoms with Crippen molar-refractivity contribution in [2.24, 2.45) is 0 Å². The highest BCUT2D eigenvalue weighted by Crippen LogP contribution is 2.26. The van der Waals surface area contributed by atoms with Crippen LogP contribution in [0.1, 0.15) is 26.3 Å². The van der Waals surface area contributed by atoms with Crippen LogP contribution in [-0.4, -0.2) is 35.2 Å². The lowest BCUT2D eigenvalue weighted by Crippen LogP contribution is -2.17. The van der Waals surface area contributed by atoms with Crippen molar-refractivity contribution in [1.29, 1.82) is 0 Å². The normalized spacial score (nSPS) is 10.0. The zero-order valence-electron chi connectivity index (χ0n) is 12.8. The fraction of sp³-hybridized carbons (Fsp3) is 0.118. The number of carbonyl (C=O) groups is 3. The summed E-state index contributed by atoms with van der Waals surface area (Å²) in [6.07, 6.45) is -0.164. The molecule has 3 N–H and O–H groups in total. The average molecular weight is 329 g/mol. The van der Waals surface area contributed by atoms with E-state index in [1.807, 2.05) is 0 Å². The molecule has 2 aromatic carbocycles. The molecule has 0 aromatic heterocycles. The maximum atomic E-state index is 12.2. The van der Waals surface area contributed by atoms with Crippen LogP contribution in [0.2, 0.25) is 0 Å². The number of ether oxygens (including phenoxy) is 1. The maximum absolute atomic E-state index is 12.2. The predicted molar refractivity (Wildman–Crippen MR) is 85.7 cm³/mol.